The zero-order valence-electron chi connectivity index (χ0n) is 15.9. The lowest BCUT2D eigenvalue weighted by atomic mass is 9.88. The molecule has 2 heterocycles. The average Bonchev–Trinajstić information content (AvgIpc) is 3.30. The van der Waals surface area contributed by atoms with Gasteiger partial charge in [0.25, 0.3) is 5.91 Å². The minimum Gasteiger partial charge on any atom is -0.340 e. The summed E-state index contributed by atoms with van der Waals surface area (Å²) in [6, 6.07) is 6.25. The zero-order chi connectivity index (χ0) is 20.2. The molecule has 1 aliphatic heterocycles. The normalized spacial score (nSPS) is 24.4. The fourth-order valence-electron chi connectivity index (χ4n) is 4.96. The molecule has 5 rings (SSSR count). The number of nitrogens with one attached hydrogen (secondary N) is 1. The number of hydrogen-bond donors (Lipinski definition) is 1. The van der Waals surface area contributed by atoms with Gasteiger partial charge in [-0.05, 0) is 54.9 Å². The highest BCUT2D eigenvalue weighted by atomic mass is 32.2. The van der Waals surface area contributed by atoms with E-state index in [4.69, 9.17) is 0 Å². The van der Waals surface area contributed by atoms with E-state index in [0.717, 1.165) is 30.4 Å². The van der Waals surface area contributed by atoms with Crippen LogP contribution in [0.15, 0.2) is 30.5 Å². The summed E-state index contributed by atoms with van der Waals surface area (Å²) in [7, 11) is -3.05. The Balaban J connectivity index is 1.50. The molecule has 2 aliphatic carbocycles. The molecule has 29 heavy (non-hydrogen) atoms. The second-order valence-electron chi connectivity index (χ2n) is 8.13. The first-order valence-corrected chi connectivity index (χ1v) is 11.8. The van der Waals surface area contributed by atoms with Crippen LogP contribution in [0.5, 0.6) is 0 Å². The molecule has 2 aromatic rings. The van der Waals surface area contributed by atoms with Crippen molar-refractivity contribution in [2.45, 2.75) is 31.1 Å². The summed E-state index contributed by atoms with van der Waals surface area (Å²) in [5.41, 5.74) is 3.34. The molecule has 2 bridgehead atoms. The number of benzene rings is 1. The maximum atomic E-state index is 13.6. The summed E-state index contributed by atoms with van der Waals surface area (Å²) in [5.74, 6) is 0.954. The van der Waals surface area contributed by atoms with E-state index in [0.29, 0.717) is 28.9 Å². The molecular formula is C21H22FN3O3S. The molecule has 1 saturated carbocycles. The van der Waals surface area contributed by atoms with Gasteiger partial charge in [0.1, 0.15) is 11.6 Å². The third-order valence-corrected chi connectivity index (χ3v) is 7.97. The van der Waals surface area contributed by atoms with E-state index in [1.54, 1.807) is 23.2 Å². The lowest BCUT2D eigenvalue weighted by Gasteiger charge is -2.29. The molecule has 2 atom stereocenters. The van der Waals surface area contributed by atoms with E-state index >= 15 is 0 Å². The zero-order valence-corrected chi connectivity index (χ0v) is 16.7. The molecule has 8 heteroatoms. The van der Waals surface area contributed by atoms with Crippen LogP contribution < -0.4 is 5.32 Å². The van der Waals surface area contributed by atoms with Crippen molar-refractivity contribution in [1.29, 1.82) is 0 Å². The first-order valence-electron chi connectivity index (χ1n) is 9.96. The van der Waals surface area contributed by atoms with Crippen LogP contribution in [0.3, 0.4) is 0 Å². The Morgan fingerprint density at radius 1 is 1.14 bits per heavy atom. The molecule has 0 radical (unpaired) electrons. The van der Waals surface area contributed by atoms with Crippen molar-refractivity contribution < 1.29 is 17.6 Å². The first-order chi connectivity index (χ1) is 13.9. The monoisotopic (exact) mass is 415 g/mol. The van der Waals surface area contributed by atoms with E-state index in [1.807, 2.05) is 0 Å². The number of sulfone groups is 1. The largest absolute Gasteiger partial charge is 0.340 e. The summed E-state index contributed by atoms with van der Waals surface area (Å²) in [6.07, 6.45) is 4.73. The standard InChI is InChI=1S/C21H22FN3O3S/c22-15-2-1-3-16(11-15)24-20-19-14-5-4-13(10-14)18(19)17(12-23-20)21(26)25-6-8-29(27,28)9-7-25/h1-3,11-14H,4-10H2,(H,23,24). The first kappa shape index (κ1) is 18.5. The quantitative estimate of drug-likeness (QED) is 0.833. The van der Waals surface area contributed by atoms with Crippen molar-refractivity contribution in [2.24, 2.45) is 0 Å². The number of carbonyl (C=O) groups is 1. The van der Waals surface area contributed by atoms with Gasteiger partial charge in [-0.25, -0.2) is 17.8 Å². The van der Waals surface area contributed by atoms with Crippen molar-refractivity contribution in [3.05, 3.63) is 53.0 Å². The van der Waals surface area contributed by atoms with Gasteiger partial charge in [0, 0.05) is 30.5 Å². The number of nitrogens with zero attached hydrogens (tertiary/aromatic N) is 2. The lowest BCUT2D eigenvalue weighted by Crippen LogP contribution is -2.44. The summed E-state index contributed by atoms with van der Waals surface area (Å²) in [4.78, 5) is 19.4. The van der Waals surface area contributed by atoms with E-state index in [2.05, 4.69) is 10.3 Å². The Kier molecular flexibility index (Phi) is 4.34. The molecule has 1 aromatic heterocycles. The maximum Gasteiger partial charge on any atom is 0.255 e. The molecule has 2 unspecified atom stereocenters. The lowest BCUT2D eigenvalue weighted by molar-refractivity contribution is 0.0768. The molecule has 152 valence electrons. The van der Waals surface area contributed by atoms with Gasteiger partial charge in [-0.2, -0.15) is 0 Å². The van der Waals surface area contributed by atoms with Gasteiger partial charge in [-0.3, -0.25) is 4.79 Å². The van der Waals surface area contributed by atoms with Crippen LogP contribution in [-0.4, -0.2) is 48.8 Å². The fraction of sp³-hybridized carbons (Fsp3) is 0.429. The second kappa shape index (κ2) is 6.79. The maximum absolute atomic E-state index is 13.6. The minimum atomic E-state index is -3.05. The van der Waals surface area contributed by atoms with Crippen LogP contribution in [0.25, 0.3) is 0 Å². The van der Waals surface area contributed by atoms with Crippen LogP contribution in [0, 0.1) is 5.82 Å². The Bertz CT molecular complexity index is 1090. The van der Waals surface area contributed by atoms with Crippen LogP contribution >= 0.6 is 0 Å². The van der Waals surface area contributed by atoms with Crippen molar-refractivity contribution in [2.75, 3.05) is 29.9 Å². The molecule has 1 amide bonds. The average molecular weight is 415 g/mol. The molecule has 3 aliphatic rings. The van der Waals surface area contributed by atoms with Crippen LogP contribution in [0.1, 0.15) is 52.6 Å². The number of hydrogen-bond acceptors (Lipinski definition) is 5. The molecule has 2 fully saturated rings. The van der Waals surface area contributed by atoms with Gasteiger partial charge in [0.2, 0.25) is 0 Å². The number of carbonyl (C=O) groups excluding carboxylic acids is 1. The topological polar surface area (TPSA) is 79.4 Å². The number of halogens is 1. The number of amides is 1. The van der Waals surface area contributed by atoms with E-state index in [9.17, 15) is 17.6 Å². The van der Waals surface area contributed by atoms with Gasteiger partial charge < -0.3 is 10.2 Å². The smallest absolute Gasteiger partial charge is 0.255 e. The number of pyridine rings is 1. The van der Waals surface area contributed by atoms with Crippen molar-refractivity contribution in [3.8, 4) is 0 Å². The van der Waals surface area contributed by atoms with Gasteiger partial charge >= 0.3 is 0 Å². The molecule has 1 saturated heterocycles. The predicted molar refractivity (Wildman–Crippen MR) is 108 cm³/mol. The van der Waals surface area contributed by atoms with Gasteiger partial charge in [0.05, 0.1) is 17.1 Å². The Labute approximate surface area is 169 Å². The third kappa shape index (κ3) is 3.29. The summed E-state index contributed by atoms with van der Waals surface area (Å²) in [6.45, 7) is 0.459. The third-order valence-electron chi connectivity index (χ3n) is 6.36. The SMILES string of the molecule is O=C(c1cnc(Nc2cccc(F)c2)c2c1C1CCC2C1)N1CCS(=O)(=O)CC1. The summed E-state index contributed by atoms with van der Waals surface area (Å²) < 4.78 is 37.0. The number of aromatic nitrogens is 1. The van der Waals surface area contributed by atoms with Crippen LogP contribution in [0.2, 0.25) is 0 Å². The van der Waals surface area contributed by atoms with Crippen LogP contribution in [0.4, 0.5) is 15.9 Å². The van der Waals surface area contributed by atoms with Gasteiger partial charge in [-0.1, -0.05) is 6.07 Å². The van der Waals surface area contributed by atoms with Crippen LogP contribution in [-0.2, 0) is 9.84 Å². The second-order valence-corrected chi connectivity index (χ2v) is 10.4. The summed E-state index contributed by atoms with van der Waals surface area (Å²) >= 11 is 0. The van der Waals surface area contributed by atoms with Gasteiger partial charge in [0.15, 0.2) is 9.84 Å². The minimum absolute atomic E-state index is 0.0135. The Morgan fingerprint density at radius 3 is 2.59 bits per heavy atom. The van der Waals surface area contributed by atoms with Crippen molar-refractivity contribution in [1.82, 2.24) is 9.88 Å². The molecule has 6 nitrogen and oxygen atoms in total. The van der Waals surface area contributed by atoms with E-state index in [1.165, 1.54) is 12.1 Å². The Hall–Kier alpha value is -2.48. The van der Waals surface area contributed by atoms with E-state index < -0.39 is 9.84 Å². The fourth-order valence-corrected chi connectivity index (χ4v) is 6.16. The molecule has 1 aromatic carbocycles. The highest BCUT2D eigenvalue weighted by Crippen LogP contribution is 2.56. The van der Waals surface area contributed by atoms with Crippen molar-refractivity contribution >= 4 is 27.2 Å². The number of rotatable bonds is 3. The Morgan fingerprint density at radius 2 is 1.86 bits per heavy atom. The predicted octanol–water partition coefficient (Wildman–Crippen LogP) is 3.20. The highest BCUT2D eigenvalue weighted by Gasteiger charge is 2.42. The number of fused-ring (bicyclic) bond motifs is 5. The molecule has 0 spiro atoms. The molecule has 1 N–H and O–H groups in total. The highest BCUT2D eigenvalue weighted by molar-refractivity contribution is 7.91. The molecular weight excluding hydrogens is 393 g/mol. The summed E-state index contributed by atoms with van der Waals surface area (Å²) in [5, 5.41) is 3.23. The van der Waals surface area contributed by atoms with Crippen molar-refractivity contribution in [3.63, 3.8) is 0 Å². The van der Waals surface area contributed by atoms with E-state index in [-0.39, 0.29) is 36.3 Å². The van der Waals surface area contributed by atoms with Gasteiger partial charge in [-0.15, -0.1) is 0 Å². The number of anilines is 2.